The van der Waals surface area contributed by atoms with E-state index >= 15 is 0 Å². The number of thiophene rings is 1. The van der Waals surface area contributed by atoms with E-state index in [1.165, 1.54) is 4.88 Å². The topological polar surface area (TPSA) is 17.1 Å². The Morgan fingerprint density at radius 2 is 2.00 bits per heavy atom. The van der Waals surface area contributed by atoms with Crippen molar-refractivity contribution in [2.75, 3.05) is 0 Å². The molecule has 0 bridgehead atoms. The molecular formula is C10H8OS. The third-order valence-electron chi connectivity index (χ3n) is 1.84. The summed E-state index contributed by atoms with van der Waals surface area (Å²) in [6.45, 7) is 0. The molecule has 0 aromatic carbocycles. The number of rotatable bonds is 2. The van der Waals surface area contributed by atoms with E-state index in [-0.39, 0.29) is 0 Å². The van der Waals surface area contributed by atoms with Crippen LogP contribution >= 0.6 is 11.3 Å². The predicted molar refractivity (Wildman–Crippen MR) is 50.7 cm³/mol. The largest absolute Gasteiger partial charge is 0.297 e. The number of hydrogen-bond acceptors (Lipinski definition) is 2. The summed E-state index contributed by atoms with van der Waals surface area (Å²) in [7, 11) is 0. The molecule has 0 amide bonds. The number of carbonyl (C=O) groups excluding carboxylic acids is 1. The zero-order chi connectivity index (χ0) is 8.39. The molecule has 1 nitrogen and oxygen atoms in total. The molecular weight excluding hydrogens is 168 g/mol. The second kappa shape index (κ2) is 3.07. The Morgan fingerprint density at radius 1 is 1.25 bits per heavy atom. The average molecular weight is 176 g/mol. The minimum absolute atomic E-state index is 0.392. The van der Waals surface area contributed by atoms with Gasteiger partial charge in [0.1, 0.15) is 0 Å². The van der Waals surface area contributed by atoms with Crippen molar-refractivity contribution in [1.82, 2.24) is 0 Å². The smallest absolute Gasteiger partial charge is 0.160 e. The first-order valence-corrected chi connectivity index (χ1v) is 4.62. The zero-order valence-electron chi connectivity index (χ0n) is 6.44. The number of aldehydes is 1. The van der Waals surface area contributed by atoms with Crippen LogP contribution in [0.2, 0.25) is 0 Å². The normalized spacial score (nSPS) is 15.7. The summed E-state index contributed by atoms with van der Waals surface area (Å²) in [6, 6.07) is 3.88. The monoisotopic (exact) mass is 176 g/mol. The minimum atomic E-state index is 0.392. The molecule has 2 rings (SSSR count). The molecule has 0 fully saturated rings. The predicted octanol–water partition coefficient (Wildman–Crippen LogP) is 2.77. The van der Waals surface area contributed by atoms with Crippen LogP contribution in [-0.2, 0) is 0 Å². The lowest BCUT2D eigenvalue weighted by atomic mass is 10.1. The van der Waals surface area contributed by atoms with Gasteiger partial charge in [0, 0.05) is 10.8 Å². The molecule has 0 atom stereocenters. The highest BCUT2D eigenvalue weighted by Crippen LogP contribution is 2.28. The van der Waals surface area contributed by atoms with Gasteiger partial charge < -0.3 is 0 Å². The summed E-state index contributed by atoms with van der Waals surface area (Å²) in [4.78, 5) is 12.5. The van der Waals surface area contributed by atoms with Crippen molar-refractivity contribution in [1.29, 1.82) is 0 Å². The van der Waals surface area contributed by atoms with Gasteiger partial charge in [0.25, 0.3) is 0 Å². The van der Waals surface area contributed by atoms with Crippen LogP contribution in [0.3, 0.4) is 0 Å². The molecule has 0 saturated heterocycles. The van der Waals surface area contributed by atoms with Gasteiger partial charge >= 0.3 is 0 Å². The highest BCUT2D eigenvalue weighted by molar-refractivity contribution is 7.13. The third-order valence-corrected chi connectivity index (χ3v) is 2.95. The van der Waals surface area contributed by atoms with Crippen molar-refractivity contribution < 1.29 is 4.79 Å². The first kappa shape index (κ1) is 7.50. The lowest BCUT2D eigenvalue weighted by molar-refractivity contribution is 0.112. The number of hydrogen-bond donors (Lipinski definition) is 0. The van der Waals surface area contributed by atoms with Crippen LogP contribution in [0.1, 0.15) is 20.5 Å². The molecule has 12 heavy (non-hydrogen) atoms. The van der Waals surface area contributed by atoms with Gasteiger partial charge in [-0.2, -0.15) is 0 Å². The maximum absolute atomic E-state index is 10.4. The molecule has 1 aliphatic rings. The average Bonchev–Trinajstić information content (AvgIpc) is 2.75. The molecule has 1 aromatic heterocycles. The van der Waals surface area contributed by atoms with Crippen LogP contribution in [0.15, 0.2) is 36.4 Å². The van der Waals surface area contributed by atoms with Crippen LogP contribution in [-0.4, -0.2) is 6.29 Å². The fourth-order valence-corrected chi connectivity index (χ4v) is 2.12. The van der Waals surface area contributed by atoms with E-state index in [1.54, 1.807) is 11.3 Å². The molecule has 1 heterocycles. The third kappa shape index (κ3) is 1.25. The molecule has 0 spiro atoms. The molecule has 1 aliphatic carbocycles. The number of carbonyl (C=O) groups is 1. The first-order chi connectivity index (χ1) is 5.90. The van der Waals surface area contributed by atoms with Crippen LogP contribution in [0, 0.1) is 0 Å². The Bertz CT molecular complexity index is 334. The quantitative estimate of drug-likeness (QED) is 0.633. The Morgan fingerprint density at radius 3 is 2.58 bits per heavy atom. The molecule has 60 valence electrons. The maximum atomic E-state index is 10.4. The Hall–Kier alpha value is -1.15. The van der Waals surface area contributed by atoms with Crippen LogP contribution in [0.4, 0.5) is 0 Å². The van der Waals surface area contributed by atoms with E-state index in [0.29, 0.717) is 5.92 Å². The van der Waals surface area contributed by atoms with Crippen LogP contribution < -0.4 is 0 Å². The van der Waals surface area contributed by atoms with Gasteiger partial charge in [-0.25, -0.2) is 0 Å². The van der Waals surface area contributed by atoms with Crippen molar-refractivity contribution in [2.24, 2.45) is 0 Å². The summed E-state index contributed by atoms with van der Waals surface area (Å²) in [5.41, 5.74) is 0. The highest BCUT2D eigenvalue weighted by atomic mass is 32.1. The Kier molecular flexibility index (Phi) is 1.92. The highest BCUT2D eigenvalue weighted by Gasteiger charge is 2.09. The van der Waals surface area contributed by atoms with Crippen LogP contribution in [0.5, 0.6) is 0 Å². The van der Waals surface area contributed by atoms with Crippen molar-refractivity contribution in [3.8, 4) is 0 Å². The van der Waals surface area contributed by atoms with Gasteiger partial charge in [0.2, 0.25) is 0 Å². The van der Waals surface area contributed by atoms with E-state index in [4.69, 9.17) is 0 Å². The fourth-order valence-electron chi connectivity index (χ4n) is 1.23. The van der Waals surface area contributed by atoms with E-state index in [0.717, 1.165) is 11.2 Å². The summed E-state index contributed by atoms with van der Waals surface area (Å²) >= 11 is 1.56. The SMILES string of the molecule is O=Cc1ccc(C2C=CC=C2)s1. The molecule has 0 saturated carbocycles. The standard InChI is InChI=1S/C10H8OS/c11-7-9-5-6-10(12-9)8-3-1-2-4-8/h1-8H. The van der Waals surface area contributed by atoms with Crippen molar-refractivity contribution in [3.05, 3.63) is 46.2 Å². The van der Waals surface area contributed by atoms with Gasteiger partial charge in [-0.3, -0.25) is 4.79 Å². The van der Waals surface area contributed by atoms with E-state index in [9.17, 15) is 4.79 Å². The van der Waals surface area contributed by atoms with Crippen molar-refractivity contribution in [3.63, 3.8) is 0 Å². The van der Waals surface area contributed by atoms with E-state index < -0.39 is 0 Å². The summed E-state index contributed by atoms with van der Waals surface area (Å²) < 4.78 is 0. The van der Waals surface area contributed by atoms with Gasteiger partial charge in [-0.05, 0) is 12.1 Å². The maximum Gasteiger partial charge on any atom is 0.160 e. The van der Waals surface area contributed by atoms with Crippen molar-refractivity contribution >= 4 is 17.6 Å². The lowest BCUT2D eigenvalue weighted by Gasteiger charge is -1.98. The summed E-state index contributed by atoms with van der Waals surface area (Å²) in [5.74, 6) is 0.392. The lowest BCUT2D eigenvalue weighted by Crippen LogP contribution is -1.81. The van der Waals surface area contributed by atoms with Gasteiger partial charge in [0.05, 0.1) is 4.88 Å². The summed E-state index contributed by atoms with van der Waals surface area (Å²) in [5, 5.41) is 0. The minimum Gasteiger partial charge on any atom is -0.297 e. The Labute approximate surface area is 75.0 Å². The molecule has 1 aromatic rings. The second-order valence-electron chi connectivity index (χ2n) is 2.65. The van der Waals surface area contributed by atoms with Crippen LogP contribution in [0.25, 0.3) is 0 Å². The molecule has 0 aliphatic heterocycles. The van der Waals surface area contributed by atoms with Crippen molar-refractivity contribution in [2.45, 2.75) is 5.92 Å². The van der Waals surface area contributed by atoms with Gasteiger partial charge in [-0.15, -0.1) is 11.3 Å². The molecule has 0 radical (unpaired) electrons. The second-order valence-corrected chi connectivity index (χ2v) is 3.80. The first-order valence-electron chi connectivity index (χ1n) is 3.80. The van der Waals surface area contributed by atoms with E-state index in [1.807, 2.05) is 24.3 Å². The fraction of sp³-hybridized carbons (Fsp3) is 0.100. The van der Waals surface area contributed by atoms with Gasteiger partial charge in [-0.1, -0.05) is 24.3 Å². The molecule has 2 heteroatoms. The Balaban J connectivity index is 2.28. The summed E-state index contributed by atoms with van der Waals surface area (Å²) in [6.07, 6.45) is 9.22. The van der Waals surface area contributed by atoms with Gasteiger partial charge in [0.15, 0.2) is 6.29 Å². The number of allylic oxidation sites excluding steroid dienone is 4. The van der Waals surface area contributed by atoms with E-state index in [2.05, 4.69) is 12.2 Å². The molecule has 0 unspecified atom stereocenters. The zero-order valence-corrected chi connectivity index (χ0v) is 7.25. The molecule has 0 N–H and O–H groups in total.